The third-order valence-corrected chi connectivity index (χ3v) is 2.42. The van der Waals surface area contributed by atoms with Crippen LogP contribution in [0.15, 0.2) is 22.7 Å². The fourth-order valence-electron chi connectivity index (χ4n) is 1.50. The Morgan fingerprint density at radius 2 is 2.17 bits per heavy atom. The van der Waals surface area contributed by atoms with E-state index in [0.717, 1.165) is 11.3 Å². The predicted molar refractivity (Wildman–Crippen MR) is 65.2 cm³/mol. The molecule has 94 valence electrons. The second-order valence-electron chi connectivity index (χ2n) is 3.83. The standard InChI is InChI=1S/C13H14N2O3/c1-4-17-13(16)11-9(3)18-12(15-11)10-6-5-8(2)14-7-10/h5-7H,4H2,1-3H3. The van der Waals surface area contributed by atoms with Crippen molar-refractivity contribution in [3.8, 4) is 11.5 Å². The van der Waals surface area contributed by atoms with E-state index < -0.39 is 5.97 Å². The van der Waals surface area contributed by atoms with Gasteiger partial charge in [-0.25, -0.2) is 9.78 Å². The average Bonchev–Trinajstić information content (AvgIpc) is 2.72. The molecule has 0 unspecified atom stereocenters. The van der Waals surface area contributed by atoms with Crippen LogP contribution in [0.5, 0.6) is 0 Å². The monoisotopic (exact) mass is 246 g/mol. The van der Waals surface area contributed by atoms with Gasteiger partial charge in [-0.15, -0.1) is 0 Å². The lowest BCUT2D eigenvalue weighted by Crippen LogP contribution is -2.06. The number of ether oxygens (including phenoxy) is 1. The number of pyridine rings is 1. The first-order chi connectivity index (χ1) is 8.61. The third-order valence-electron chi connectivity index (χ3n) is 2.42. The Kier molecular flexibility index (Phi) is 3.41. The summed E-state index contributed by atoms with van der Waals surface area (Å²) in [5, 5.41) is 0. The first-order valence-corrected chi connectivity index (χ1v) is 5.69. The zero-order valence-electron chi connectivity index (χ0n) is 10.6. The summed E-state index contributed by atoms with van der Waals surface area (Å²) in [6.45, 7) is 5.64. The lowest BCUT2D eigenvalue weighted by atomic mass is 10.2. The smallest absolute Gasteiger partial charge is 0.360 e. The van der Waals surface area contributed by atoms with Gasteiger partial charge in [-0.05, 0) is 32.9 Å². The molecule has 0 amide bonds. The summed E-state index contributed by atoms with van der Waals surface area (Å²) in [6, 6.07) is 3.71. The van der Waals surface area contributed by atoms with Gasteiger partial charge in [0.05, 0.1) is 12.2 Å². The van der Waals surface area contributed by atoms with Crippen LogP contribution in [0.3, 0.4) is 0 Å². The molecule has 0 saturated heterocycles. The fourth-order valence-corrected chi connectivity index (χ4v) is 1.50. The van der Waals surface area contributed by atoms with E-state index >= 15 is 0 Å². The minimum absolute atomic E-state index is 0.215. The molecule has 0 N–H and O–H groups in total. The normalized spacial score (nSPS) is 10.4. The van der Waals surface area contributed by atoms with E-state index in [1.807, 2.05) is 19.1 Å². The van der Waals surface area contributed by atoms with E-state index in [2.05, 4.69) is 9.97 Å². The molecule has 18 heavy (non-hydrogen) atoms. The Bertz CT molecular complexity index is 558. The number of rotatable bonds is 3. The van der Waals surface area contributed by atoms with Crippen molar-refractivity contribution in [2.24, 2.45) is 0 Å². The highest BCUT2D eigenvalue weighted by atomic mass is 16.5. The van der Waals surface area contributed by atoms with Gasteiger partial charge in [-0.1, -0.05) is 0 Å². The van der Waals surface area contributed by atoms with Gasteiger partial charge in [0, 0.05) is 11.9 Å². The van der Waals surface area contributed by atoms with Crippen LogP contribution >= 0.6 is 0 Å². The van der Waals surface area contributed by atoms with Gasteiger partial charge in [-0.2, -0.15) is 0 Å². The number of aryl methyl sites for hydroxylation is 2. The van der Waals surface area contributed by atoms with Gasteiger partial charge in [0.1, 0.15) is 5.76 Å². The molecule has 0 aliphatic rings. The van der Waals surface area contributed by atoms with Crippen molar-refractivity contribution in [1.82, 2.24) is 9.97 Å². The Morgan fingerprint density at radius 1 is 1.39 bits per heavy atom. The van der Waals surface area contributed by atoms with E-state index in [9.17, 15) is 4.79 Å². The molecular weight excluding hydrogens is 232 g/mol. The number of carbonyl (C=O) groups is 1. The molecular formula is C13H14N2O3. The molecule has 5 nitrogen and oxygen atoms in total. The summed E-state index contributed by atoms with van der Waals surface area (Å²) in [6.07, 6.45) is 1.66. The third kappa shape index (κ3) is 2.40. The van der Waals surface area contributed by atoms with Gasteiger partial charge >= 0.3 is 5.97 Å². The van der Waals surface area contributed by atoms with E-state index in [1.54, 1.807) is 20.0 Å². The maximum absolute atomic E-state index is 11.6. The van der Waals surface area contributed by atoms with E-state index in [-0.39, 0.29) is 5.69 Å². The van der Waals surface area contributed by atoms with E-state index in [0.29, 0.717) is 18.3 Å². The van der Waals surface area contributed by atoms with Crippen molar-refractivity contribution in [2.75, 3.05) is 6.61 Å². The molecule has 0 fully saturated rings. The molecule has 5 heteroatoms. The lowest BCUT2D eigenvalue weighted by molar-refractivity contribution is 0.0518. The van der Waals surface area contributed by atoms with E-state index in [4.69, 9.17) is 9.15 Å². The summed E-state index contributed by atoms with van der Waals surface area (Å²) in [5.41, 5.74) is 1.86. The van der Waals surface area contributed by atoms with Crippen molar-refractivity contribution >= 4 is 5.97 Å². The molecule has 2 aromatic heterocycles. The maximum atomic E-state index is 11.6. The van der Waals surface area contributed by atoms with Crippen molar-refractivity contribution in [2.45, 2.75) is 20.8 Å². The zero-order chi connectivity index (χ0) is 13.1. The molecule has 0 atom stereocenters. The molecule has 0 bridgehead atoms. The molecule has 2 rings (SSSR count). The lowest BCUT2D eigenvalue weighted by Gasteiger charge is -1.96. The number of oxazole rings is 1. The van der Waals surface area contributed by atoms with Gasteiger partial charge in [0.25, 0.3) is 0 Å². The van der Waals surface area contributed by atoms with Crippen molar-refractivity contribution in [3.63, 3.8) is 0 Å². The number of esters is 1. The number of nitrogens with zero attached hydrogens (tertiary/aromatic N) is 2. The summed E-state index contributed by atoms with van der Waals surface area (Å²) in [7, 11) is 0. The summed E-state index contributed by atoms with van der Waals surface area (Å²) in [5.74, 6) is 0.358. The molecule has 0 spiro atoms. The summed E-state index contributed by atoms with van der Waals surface area (Å²) < 4.78 is 10.4. The van der Waals surface area contributed by atoms with Gasteiger partial charge in [0.15, 0.2) is 5.69 Å². The second-order valence-corrected chi connectivity index (χ2v) is 3.83. The van der Waals surface area contributed by atoms with Crippen LogP contribution in [0.25, 0.3) is 11.5 Å². The number of hydrogen-bond donors (Lipinski definition) is 0. The predicted octanol–water partition coefficient (Wildman–Crippen LogP) is 2.53. The highest BCUT2D eigenvalue weighted by molar-refractivity contribution is 5.88. The highest BCUT2D eigenvalue weighted by Gasteiger charge is 2.18. The van der Waals surface area contributed by atoms with Crippen LogP contribution in [0.4, 0.5) is 0 Å². The Morgan fingerprint density at radius 3 is 2.78 bits per heavy atom. The number of carbonyl (C=O) groups excluding carboxylic acids is 1. The minimum atomic E-state index is -0.468. The maximum Gasteiger partial charge on any atom is 0.360 e. The van der Waals surface area contributed by atoms with Crippen LogP contribution in [0.2, 0.25) is 0 Å². The molecule has 2 heterocycles. The molecule has 0 radical (unpaired) electrons. The molecule has 0 aromatic carbocycles. The molecule has 2 aromatic rings. The molecule has 0 aliphatic carbocycles. The van der Waals surface area contributed by atoms with Crippen LogP contribution < -0.4 is 0 Å². The van der Waals surface area contributed by atoms with Gasteiger partial charge in [-0.3, -0.25) is 4.98 Å². The molecule has 0 aliphatic heterocycles. The van der Waals surface area contributed by atoms with Crippen molar-refractivity contribution in [1.29, 1.82) is 0 Å². The van der Waals surface area contributed by atoms with Crippen LogP contribution in [-0.4, -0.2) is 22.5 Å². The molecule has 0 saturated carbocycles. The topological polar surface area (TPSA) is 65.2 Å². The van der Waals surface area contributed by atoms with Crippen LogP contribution in [0, 0.1) is 13.8 Å². The number of aromatic nitrogens is 2. The highest BCUT2D eigenvalue weighted by Crippen LogP contribution is 2.21. The SMILES string of the molecule is CCOC(=O)c1nc(-c2ccc(C)nc2)oc1C. The van der Waals surface area contributed by atoms with Gasteiger partial charge in [0.2, 0.25) is 5.89 Å². The zero-order valence-corrected chi connectivity index (χ0v) is 10.6. The Labute approximate surface area is 105 Å². The van der Waals surface area contributed by atoms with Crippen LogP contribution in [-0.2, 0) is 4.74 Å². The minimum Gasteiger partial charge on any atom is -0.461 e. The second kappa shape index (κ2) is 5.00. The fraction of sp³-hybridized carbons (Fsp3) is 0.308. The first kappa shape index (κ1) is 12.3. The summed E-state index contributed by atoms with van der Waals surface area (Å²) in [4.78, 5) is 19.9. The summed E-state index contributed by atoms with van der Waals surface area (Å²) >= 11 is 0. The Balaban J connectivity index is 2.34. The van der Waals surface area contributed by atoms with Crippen LogP contribution in [0.1, 0.15) is 28.9 Å². The van der Waals surface area contributed by atoms with Gasteiger partial charge < -0.3 is 9.15 Å². The van der Waals surface area contributed by atoms with E-state index in [1.165, 1.54) is 0 Å². The first-order valence-electron chi connectivity index (χ1n) is 5.69. The van der Waals surface area contributed by atoms with Crippen molar-refractivity contribution < 1.29 is 13.9 Å². The quantitative estimate of drug-likeness (QED) is 0.778. The number of hydrogen-bond acceptors (Lipinski definition) is 5. The Hall–Kier alpha value is -2.17. The largest absolute Gasteiger partial charge is 0.461 e. The van der Waals surface area contributed by atoms with Crippen molar-refractivity contribution in [3.05, 3.63) is 35.5 Å². The average molecular weight is 246 g/mol.